The molecule has 8 nitrogen and oxygen atoms in total. The Balaban J connectivity index is 1.36. The number of anilines is 1. The van der Waals surface area contributed by atoms with E-state index in [9.17, 15) is 19.2 Å². The van der Waals surface area contributed by atoms with Crippen molar-refractivity contribution in [1.29, 1.82) is 0 Å². The summed E-state index contributed by atoms with van der Waals surface area (Å²) in [6, 6.07) is 11.4. The number of carbonyl (C=O) groups is 4. The van der Waals surface area contributed by atoms with E-state index in [0.29, 0.717) is 17.3 Å². The molecule has 0 bridgehead atoms. The molecule has 2 aliphatic rings. The van der Waals surface area contributed by atoms with Gasteiger partial charge in [-0.15, -0.1) is 11.3 Å². The highest BCUT2D eigenvalue weighted by Crippen LogP contribution is 2.33. The van der Waals surface area contributed by atoms with E-state index in [1.165, 1.54) is 11.3 Å². The second-order valence-corrected chi connectivity index (χ2v) is 9.22. The summed E-state index contributed by atoms with van der Waals surface area (Å²) >= 11 is 7.56. The average molecular weight is 481 g/mol. The third-order valence-electron chi connectivity index (χ3n) is 5.55. The number of halogens is 1. The predicted octanol–water partition coefficient (Wildman–Crippen LogP) is 3.48. The maximum atomic E-state index is 13.2. The zero-order valence-corrected chi connectivity index (χ0v) is 18.7. The van der Waals surface area contributed by atoms with Gasteiger partial charge < -0.3 is 5.32 Å². The molecule has 5 rings (SSSR count). The first kappa shape index (κ1) is 21.3. The number of nitrogens with zero attached hydrogens (tertiary/aromatic N) is 2. The molecule has 1 unspecified atom stereocenters. The summed E-state index contributed by atoms with van der Waals surface area (Å²) in [4.78, 5) is 56.2. The zero-order chi connectivity index (χ0) is 23.1. The standard InChI is InChI=1S/C23H17ClN4O4S/c24-13-4-1-3-12(9-13)21-26-11-14(33-21)10-25-16-6-2-5-15-19(16)23(32)28(22(15)31)17-7-8-18(29)27-20(17)30/h1-6,9,11,17,25H,7-8,10H2,(H,27,29,30). The maximum Gasteiger partial charge on any atom is 0.264 e. The summed E-state index contributed by atoms with van der Waals surface area (Å²) in [7, 11) is 0. The number of hydrogen-bond acceptors (Lipinski definition) is 7. The quantitative estimate of drug-likeness (QED) is 0.541. The van der Waals surface area contributed by atoms with Crippen molar-refractivity contribution in [1.82, 2.24) is 15.2 Å². The lowest BCUT2D eigenvalue weighted by Crippen LogP contribution is -2.54. The largest absolute Gasteiger partial charge is 0.379 e. The highest BCUT2D eigenvalue weighted by molar-refractivity contribution is 7.15. The van der Waals surface area contributed by atoms with Crippen LogP contribution in [-0.4, -0.2) is 39.6 Å². The number of imide groups is 2. The third kappa shape index (κ3) is 3.90. The van der Waals surface area contributed by atoms with Gasteiger partial charge in [-0.1, -0.05) is 29.8 Å². The van der Waals surface area contributed by atoms with Gasteiger partial charge in [0.15, 0.2) is 0 Å². The first-order valence-corrected chi connectivity index (χ1v) is 11.4. The van der Waals surface area contributed by atoms with Crippen LogP contribution in [0.3, 0.4) is 0 Å². The minimum absolute atomic E-state index is 0.0786. The number of benzene rings is 2. The Labute approximate surface area is 197 Å². The van der Waals surface area contributed by atoms with Gasteiger partial charge in [0.2, 0.25) is 11.8 Å². The highest BCUT2D eigenvalue weighted by Gasteiger charge is 2.45. The molecule has 10 heteroatoms. The van der Waals surface area contributed by atoms with E-state index in [2.05, 4.69) is 15.6 Å². The van der Waals surface area contributed by atoms with Crippen LogP contribution < -0.4 is 10.6 Å². The number of amides is 4. The van der Waals surface area contributed by atoms with Gasteiger partial charge in [-0.05, 0) is 30.7 Å². The van der Waals surface area contributed by atoms with Crippen LogP contribution in [0.25, 0.3) is 10.6 Å². The van der Waals surface area contributed by atoms with Crippen molar-refractivity contribution in [3.05, 3.63) is 69.7 Å². The summed E-state index contributed by atoms with van der Waals surface area (Å²) in [6.07, 6.45) is 1.95. The van der Waals surface area contributed by atoms with Crippen molar-refractivity contribution in [2.45, 2.75) is 25.4 Å². The van der Waals surface area contributed by atoms with Crippen molar-refractivity contribution in [3.8, 4) is 10.6 Å². The smallest absolute Gasteiger partial charge is 0.264 e. The fraction of sp³-hybridized carbons (Fsp3) is 0.174. The third-order valence-corrected chi connectivity index (χ3v) is 6.83. The van der Waals surface area contributed by atoms with E-state index in [1.807, 2.05) is 18.2 Å². The van der Waals surface area contributed by atoms with Gasteiger partial charge in [0.25, 0.3) is 11.8 Å². The van der Waals surface area contributed by atoms with Crippen molar-refractivity contribution in [2.24, 2.45) is 0 Å². The van der Waals surface area contributed by atoms with Crippen LogP contribution in [0.15, 0.2) is 48.7 Å². The summed E-state index contributed by atoms with van der Waals surface area (Å²) in [5.41, 5.74) is 1.88. The Kier molecular flexibility index (Phi) is 5.43. The van der Waals surface area contributed by atoms with Gasteiger partial charge in [0.05, 0.1) is 17.7 Å². The van der Waals surface area contributed by atoms with Crippen LogP contribution in [0.1, 0.15) is 38.4 Å². The molecule has 0 saturated carbocycles. The molecule has 3 heterocycles. The lowest BCUT2D eigenvalue weighted by molar-refractivity contribution is -0.136. The van der Waals surface area contributed by atoms with E-state index >= 15 is 0 Å². The van der Waals surface area contributed by atoms with Gasteiger partial charge >= 0.3 is 0 Å². The number of hydrogen-bond donors (Lipinski definition) is 2. The lowest BCUT2D eigenvalue weighted by atomic mass is 10.0. The van der Waals surface area contributed by atoms with Gasteiger partial charge in [0.1, 0.15) is 11.0 Å². The minimum atomic E-state index is -0.996. The molecule has 0 aliphatic carbocycles. The van der Waals surface area contributed by atoms with E-state index in [-0.39, 0.29) is 24.0 Å². The minimum Gasteiger partial charge on any atom is -0.379 e. The Morgan fingerprint density at radius 2 is 1.94 bits per heavy atom. The molecule has 2 N–H and O–H groups in total. The molecular weight excluding hydrogens is 464 g/mol. The summed E-state index contributed by atoms with van der Waals surface area (Å²) in [5.74, 6) is -2.11. The first-order valence-electron chi connectivity index (χ1n) is 10.2. The number of carbonyl (C=O) groups excluding carboxylic acids is 4. The number of nitrogens with one attached hydrogen (secondary N) is 2. The number of rotatable bonds is 5. The Hall–Kier alpha value is -3.56. The molecule has 4 amide bonds. The zero-order valence-electron chi connectivity index (χ0n) is 17.1. The van der Waals surface area contributed by atoms with Crippen LogP contribution in [0.5, 0.6) is 0 Å². The average Bonchev–Trinajstić information content (AvgIpc) is 3.37. The molecule has 0 spiro atoms. The molecule has 166 valence electrons. The normalized spacial score (nSPS) is 17.8. The lowest BCUT2D eigenvalue weighted by Gasteiger charge is -2.27. The van der Waals surface area contributed by atoms with Crippen LogP contribution in [0.2, 0.25) is 5.02 Å². The number of piperidine rings is 1. The maximum absolute atomic E-state index is 13.2. The molecule has 2 aliphatic heterocycles. The van der Waals surface area contributed by atoms with Crippen LogP contribution in [-0.2, 0) is 16.1 Å². The molecule has 3 aromatic rings. The van der Waals surface area contributed by atoms with E-state index in [0.717, 1.165) is 20.3 Å². The Morgan fingerprint density at radius 1 is 1.12 bits per heavy atom. The first-order chi connectivity index (χ1) is 15.9. The number of aromatic nitrogens is 1. The van der Waals surface area contributed by atoms with Gasteiger partial charge in [-0.3, -0.25) is 29.4 Å². The second-order valence-electron chi connectivity index (χ2n) is 7.67. The van der Waals surface area contributed by atoms with Gasteiger partial charge in [-0.25, -0.2) is 4.98 Å². The second kappa shape index (κ2) is 8.42. The van der Waals surface area contributed by atoms with E-state index < -0.39 is 29.7 Å². The SMILES string of the molecule is O=C1CCC(N2C(=O)c3cccc(NCc4cnc(-c5cccc(Cl)c5)s4)c3C2=O)C(=O)N1. The van der Waals surface area contributed by atoms with Crippen molar-refractivity contribution in [3.63, 3.8) is 0 Å². The summed E-state index contributed by atoms with van der Waals surface area (Å²) < 4.78 is 0. The molecule has 1 saturated heterocycles. The summed E-state index contributed by atoms with van der Waals surface area (Å²) in [5, 5.41) is 6.87. The van der Waals surface area contributed by atoms with Crippen LogP contribution in [0.4, 0.5) is 5.69 Å². The molecule has 1 aromatic heterocycles. The van der Waals surface area contributed by atoms with E-state index in [1.54, 1.807) is 30.5 Å². The Morgan fingerprint density at radius 3 is 2.73 bits per heavy atom. The topological polar surface area (TPSA) is 108 Å². The van der Waals surface area contributed by atoms with Crippen molar-refractivity contribution >= 4 is 52.3 Å². The van der Waals surface area contributed by atoms with Crippen molar-refractivity contribution < 1.29 is 19.2 Å². The van der Waals surface area contributed by atoms with Crippen molar-refractivity contribution in [2.75, 3.05) is 5.32 Å². The molecule has 1 fully saturated rings. The highest BCUT2D eigenvalue weighted by atomic mass is 35.5. The van der Waals surface area contributed by atoms with Gasteiger partial charge in [-0.2, -0.15) is 0 Å². The van der Waals surface area contributed by atoms with Gasteiger partial charge in [0, 0.05) is 33.8 Å². The molecule has 0 radical (unpaired) electrons. The fourth-order valence-corrected chi connectivity index (χ4v) is 5.03. The molecule has 2 aromatic carbocycles. The summed E-state index contributed by atoms with van der Waals surface area (Å²) in [6.45, 7) is 0.397. The molecule has 33 heavy (non-hydrogen) atoms. The molecule has 1 atom stereocenters. The Bertz CT molecular complexity index is 1320. The monoisotopic (exact) mass is 480 g/mol. The van der Waals surface area contributed by atoms with Crippen LogP contribution >= 0.6 is 22.9 Å². The fourth-order valence-electron chi connectivity index (χ4n) is 3.99. The number of fused-ring (bicyclic) bond motifs is 1. The number of thiazole rings is 1. The van der Waals surface area contributed by atoms with E-state index in [4.69, 9.17) is 11.6 Å². The van der Waals surface area contributed by atoms with Crippen LogP contribution in [0, 0.1) is 0 Å². The molecular formula is C23H17ClN4O4S. The predicted molar refractivity (Wildman–Crippen MR) is 123 cm³/mol.